The number of para-hydroxylation sites is 2. The smallest absolute Gasteiger partial charge is 0.143 e. The Morgan fingerprint density at radius 3 is 1.11 bits per heavy atom. The van der Waals surface area contributed by atoms with Crippen molar-refractivity contribution >= 4 is 97.7 Å². The van der Waals surface area contributed by atoms with Crippen molar-refractivity contribution < 1.29 is 8.83 Å². The van der Waals surface area contributed by atoms with Crippen LogP contribution in [0.3, 0.4) is 0 Å². The molecule has 82 heavy (non-hydrogen) atoms. The van der Waals surface area contributed by atoms with Crippen LogP contribution in [0.2, 0.25) is 0 Å². The van der Waals surface area contributed by atoms with Crippen LogP contribution in [0.4, 0.5) is 0 Å². The number of rotatable bonds is 7. The van der Waals surface area contributed by atoms with Gasteiger partial charge in [-0.2, -0.15) is 0 Å². The van der Waals surface area contributed by atoms with Gasteiger partial charge in [0, 0.05) is 27.1 Å². The molecule has 17 rings (SSSR count). The van der Waals surface area contributed by atoms with Crippen molar-refractivity contribution in [3.8, 4) is 77.9 Å². The van der Waals surface area contributed by atoms with Gasteiger partial charge in [0.15, 0.2) is 0 Å². The van der Waals surface area contributed by atoms with Crippen LogP contribution in [0.5, 0.6) is 0 Å². The normalized spacial score (nSPS) is 11.9. The fourth-order valence-corrected chi connectivity index (χ4v) is 13.5. The molecule has 2 heterocycles. The lowest BCUT2D eigenvalue weighted by Gasteiger charge is -2.18. The van der Waals surface area contributed by atoms with E-state index in [2.05, 4.69) is 279 Å². The molecule has 17 aromatic rings. The van der Waals surface area contributed by atoms with E-state index in [9.17, 15) is 0 Å². The van der Waals surface area contributed by atoms with Gasteiger partial charge in [0.1, 0.15) is 22.3 Å². The third-order valence-electron chi connectivity index (χ3n) is 17.3. The molecule has 0 spiro atoms. The Balaban J connectivity index is 0.709. The zero-order valence-corrected chi connectivity index (χ0v) is 44.5. The molecule has 0 unspecified atom stereocenters. The van der Waals surface area contributed by atoms with Crippen LogP contribution in [-0.2, 0) is 0 Å². The van der Waals surface area contributed by atoms with Gasteiger partial charge in [-0.1, -0.05) is 249 Å². The largest absolute Gasteiger partial charge is 0.456 e. The van der Waals surface area contributed by atoms with Gasteiger partial charge in [-0.3, -0.25) is 0 Å². The van der Waals surface area contributed by atoms with E-state index in [1.165, 1.54) is 109 Å². The standard InChI is InChI=1S/C80H48O2/c1-2-16-54-45-56(40-35-49(54)15-1)55-17-13-18-57(46-55)77-66-24-7-9-26-68(66)79(69-27-10-8-25-67(69)77)59-42-44-75-72(48-59)70-29-14-28-60(80(70)82-75)52-36-31-50(32-37-52)51-33-38-53(39-34-51)76-62-20-3-5-22-64(62)78(65-23-6-4-21-63(65)76)58-41-43-74-71(47-58)61-19-11-12-30-73(61)81-74/h1-48H. The number of hydrogen-bond acceptors (Lipinski definition) is 2. The zero-order chi connectivity index (χ0) is 53.8. The van der Waals surface area contributed by atoms with E-state index < -0.39 is 0 Å². The highest BCUT2D eigenvalue weighted by Gasteiger charge is 2.21. The monoisotopic (exact) mass is 1040 g/mol. The summed E-state index contributed by atoms with van der Waals surface area (Å²) in [4.78, 5) is 0. The minimum absolute atomic E-state index is 0.873. The minimum atomic E-state index is 0.873. The first-order chi connectivity index (χ1) is 40.6. The quantitative estimate of drug-likeness (QED) is 0.149. The first-order valence-corrected chi connectivity index (χ1v) is 28.2. The molecule has 0 aliphatic heterocycles. The molecule has 0 aliphatic rings. The van der Waals surface area contributed by atoms with Crippen molar-refractivity contribution in [3.63, 3.8) is 0 Å². The molecular weight excluding hydrogens is 993 g/mol. The molecule has 2 heteroatoms. The predicted molar refractivity (Wildman–Crippen MR) is 347 cm³/mol. The Hall–Kier alpha value is -10.8. The molecule has 2 aromatic heterocycles. The van der Waals surface area contributed by atoms with E-state index in [1.807, 2.05) is 12.1 Å². The molecule has 0 saturated carbocycles. The van der Waals surface area contributed by atoms with Crippen molar-refractivity contribution in [1.82, 2.24) is 0 Å². The topological polar surface area (TPSA) is 26.3 Å². The lowest BCUT2D eigenvalue weighted by atomic mass is 9.85. The van der Waals surface area contributed by atoms with E-state index in [0.29, 0.717) is 0 Å². The molecule has 0 saturated heterocycles. The molecule has 0 bridgehead atoms. The van der Waals surface area contributed by atoms with Crippen molar-refractivity contribution in [3.05, 3.63) is 291 Å². The summed E-state index contributed by atoms with van der Waals surface area (Å²) in [5, 5.41) is 16.8. The molecule has 15 aromatic carbocycles. The first-order valence-electron chi connectivity index (χ1n) is 28.2. The maximum Gasteiger partial charge on any atom is 0.143 e. The molecular formula is C80H48O2. The van der Waals surface area contributed by atoms with E-state index in [-0.39, 0.29) is 0 Å². The van der Waals surface area contributed by atoms with Crippen LogP contribution in [0.1, 0.15) is 0 Å². The fourth-order valence-electron chi connectivity index (χ4n) is 13.5. The minimum Gasteiger partial charge on any atom is -0.456 e. The van der Waals surface area contributed by atoms with E-state index in [0.717, 1.165) is 66.1 Å². The molecule has 0 N–H and O–H groups in total. The van der Waals surface area contributed by atoms with Gasteiger partial charge in [0.05, 0.1) is 0 Å². The summed E-state index contributed by atoms with van der Waals surface area (Å²) in [5.74, 6) is 0. The average molecular weight is 1040 g/mol. The van der Waals surface area contributed by atoms with Crippen LogP contribution in [-0.4, -0.2) is 0 Å². The molecule has 0 amide bonds. The van der Waals surface area contributed by atoms with Crippen LogP contribution < -0.4 is 0 Å². The third kappa shape index (κ3) is 7.28. The molecule has 2 nitrogen and oxygen atoms in total. The summed E-state index contributed by atoms with van der Waals surface area (Å²) in [6.07, 6.45) is 0. The third-order valence-corrected chi connectivity index (χ3v) is 17.3. The summed E-state index contributed by atoms with van der Waals surface area (Å²) in [7, 11) is 0. The maximum atomic E-state index is 6.84. The van der Waals surface area contributed by atoms with Gasteiger partial charge in [-0.15, -0.1) is 0 Å². The van der Waals surface area contributed by atoms with E-state index >= 15 is 0 Å². The Labute approximate surface area is 473 Å². The average Bonchev–Trinajstić information content (AvgIpc) is 3.85. The SMILES string of the molecule is c1cc(-c2ccc3ccccc3c2)cc(-c2c3ccccc3c(-c3ccc4oc5c(-c6ccc(-c7ccc(-c8c9ccccc9c(-c9ccc%10oc%11ccccc%11c%10c9)c9ccccc89)cc7)cc6)cccc5c4c3)c3ccccc23)c1. The Kier molecular flexibility index (Phi) is 10.3. The second-order valence-electron chi connectivity index (χ2n) is 21.8. The summed E-state index contributed by atoms with van der Waals surface area (Å²) >= 11 is 0. The lowest BCUT2D eigenvalue weighted by Crippen LogP contribution is -1.91. The van der Waals surface area contributed by atoms with Crippen molar-refractivity contribution in [2.45, 2.75) is 0 Å². The summed E-state index contributed by atoms with van der Waals surface area (Å²) in [6, 6.07) is 106. The molecule has 0 fully saturated rings. The van der Waals surface area contributed by atoms with Crippen LogP contribution in [0.15, 0.2) is 300 Å². The van der Waals surface area contributed by atoms with Gasteiger partial charge in [-0.25, -0.2) is 0 Å². The highest BCUT2D eigenvalue weighted by Crippen LogP contribution is 2.48. The molecule has 0 aliphatic carbocycles. The summed E-state index contributed by atoms with van der Waals surface area (Å²) < 4.78 is 13.1. The Morgan fingerprint density at radius 1 is 0.171 bits per heavy atom. The Bertz CT molecular complexity index is 5330. The Morgan fingerprint density at radius 2 is 0.537 bits per heavy atom. The van der Waals surface area contributed by atoms with Crippen LogP contribution in [0.25, 0.3) is 176 Å². The second-order valence-corrected chi connectivity index (χ2v) is 21.8. The van der Waals surface area contributed by atoms with Gasteiger partial charge in [-0.05, 0) is 169 Å². The van der Waals surface area contributed by atoms with Gasteiger partial charge in [0.2, 0.25) is 0 Å². The maximum absolute atomic E-state index is 6.84. The lowest BCUT2D eigenvalue weighted by molar-refractivity contribution is 0.669. The summed E-state index contributed by atoms with van der Waals surface area (Å²) in [5.41, 5.74) is 20.2. The van der Waals surface area contributed by atoms with Crippen molar-refractivity contribution in [2.75, 3.05) is 0 Å². The number of benzene rings is 15. The molecule has 0 radical (unpaired) electrons. The van der Waals surface area contributed by atoms with Crippen molar-refractivity contribution in [2.24, 2.45) is 0 Å². The fraction of sp³-hybridized carbons (Fsp3) is 0. The number of fused-ring (bicyclic) bond motifs is 11. The molecule has 380 valence electrons. The summed E-state index contributed by atoms with van der Waals surface area (Å²) in [6.45, 7) is 0. The van der Waals surface area contributed by atoms with Crippen LogP contribution >= 0.6 is 0 Å². The number of furan rings is 2. The zero-order valence-electron chi connectivity index (χ0n) is 44.5. The van der Waals surface area contributed by atoms with Gasteiger partial charge >= 0.3 is 0 Å². The number of hydrogen-bond donors (Lipinski definition) is 0. The molecule has 0 atom stereocenters. The highest BCUT2D eigenvalue weighted by molar-refractivity contribution is 6.24. The highest BCUT2D eigenvalue weighted by atomic mass is 16.3. The van der Waals surface area contributed by atoms with Gasteiger partial charge < -0.3 is 8.83 Å². The van der Waals surface area contributed by atoms with Crippen molar-refractivity contribution in [1.29, 1.82) is 0 Å². The first kappa shape index (κ1) is 46.1. The second kappa shape index (κ2) is 18.4. The van der Waals surface area contributed by atoms with Gasteiger partial charge in [0.25, 0.3) is 0 Å². The van der Waals surface area contributed by atoms with Crippen LogP contribution in [0, 0.1) is 0 Å². The van der Waals surface area contributed by atoms with E-state index in [4.69, 9.17) is 8.83 Å². The predicted octanol–water partition coefficient (Wildman–Crippen LogP) is 22.9. The van der Waals surface area contributed by atoms with E-state index in [1.54, 1.807) is 0 Å².